The minimum Gasteiger partial charge on any atom is -0.496 e. The maximum absolute atomic E-state index is 13.5. The normalized spacial score (nSPS) is 20.6. The standard InChI is InChI=1S/C26H27N5O2/c1-33-22-13-6-5-11-20(22)24(32)31-16-8-14-26(18-31)25(28-17-19-9-3-2-4-10-19)29-23-21(30-26)12-7-15-27-23/h2-7,9-13,15,30H,8,14,16-18H2,1H3,(H,27,28,29). The molecule has 0 radical (unpaired) electrons. The minimum absolute atomic E-state index is 0.0345. The zero-order valence-corrected chi connectivity index (χ0v) is 18.6. The maximum Gasteiger partial charge on any atom is 0.257 e. The molecule has 1 atom stereocenters. The van der Waals surface area contributed by atoms with E-state index in [0.717, 1.165) is 35.7 Å². The molecule has 2 N–H and O–H groups in total. The molecule has 1 unspecified atom stereocenters. The van der Waals surface area contributed by atoms with Gasteiger partial charge in [0.15, 0.2) is 5.82 Å². The van der Waals surface area contributed by atoms with E-state index in [4.69, 9.17) is 9.73 Å². The molecule has 1 aromatic heterocycles. The Morgan fingerprint density at radius 1 is 1.12 bits per heavy atom. The van der Waals surface area contributed by atoms with Gasteiger partial charge in [0.25, 0.3) is 5.91 Å². The summed E-state index contributed by atoms with van der Waals surface area (Å²) < 4.78 is 5.44. The molecule has 2 aliphatic heterocycles. The SMILES string of the molecule is COc1ccccc1C(=O)N1CCCC2(C1)Nc1cccnc1NC2=NCc1ccccc1. The molecule has 5 rings (SSSR count). The third kappa shape index (κ3) is 4.14. The number of carbonyl (C=O) groups is 1. The van der Waals surface area contributed by atoms with Crippen LogP contribution < -0.4 is 15.4 Å². The van der Waals surface area contributed by atoms with E-state index in [1.54, 1.807) is 13.3 Å². The van der Waals surface area contributed by atoms with Crippen LogP contribution in [0.2, 0.25) is 0 Å². The quantitative estimate of drug-likeness (QED) is 0.634. The molecule has 3 aromatic rings. The zero-order chi connectivity index (χ0) is 22.7. The number of amidine groups is 1. The third-order valence-corrected chi connectivity index (χ3v) is 6.25. The fraction of sp³-hybridized carbons (Fsp3) is 0.269. The van der Waals surface area contributed by atoms with Gasteiger partial charge in [-0.25, -0.2) is 4.98 Å². The lowest BCUT2D eigenvalue weighted by Gasteiger charge is -2.47. The van der Waals surface area contributed by atoms with Gasteiger partial charge in [-0.15, -0.1) is 0 Å². The summed E-state index contributed by atoms with van der Waals surface area (Å²) in [5.41, 5.74) is 2.11. The Morgan fingerprint density at radius 2 is 1.94 bits per heavy atom. The predicted octanol–water partition coefficient (Wildman–Crippen LogP) is 4.20. The Bertz CT molecular complexity index is 1180. The Hall–Kier alpha value is -3.87. The molecule has 7 heteroatoms. The second kappa shape index (κ2) is 8.94. The van der Waals surface area contributed by atoms with Gasteiger partial charge in [0.1, 0.15) is 17.1 Å². The van der Waals surface area contributed by atoms with Crippen molar-refractivity contribution in [3.63, 3.8) is 0 Å². The average molecular weight is 442 g/mol. The summed E-state index contributed by atoms with van der Waals surface area (Å²) in [7, 11) is 1.59. The first-order chi connectivity index (χ1) is 16.2. The average Bonchev–Trinajstić information content (AvgIpc) is 2.87. The van der Waals surface area contributed by atoms with Gasteiger partial charge in [0, 0.05) is 12.7 Å². The summed E-state index contributed by atoms with van der Waals surface area (Å²) in [5, 5.41) is 7.15. The number of benzene rings is 2. The zero-order valence-electron chi connectivity index (χ0n) is 18.6. The smallest absolute Gasteiger partial charge is 0.257 e. The molecule has 0 aliphatic carbocycles. The van der Waals surface area contributed by atoms with Crippen molar-refractivity contribution in [1.29, 1.82) is 0 Å². The number of aliphatic imine (C=N–C) groups is 1. The maximum atomic E-state index is 13.5. The highest BCUT2D eigenvalue weighted by atomic mass is 16.5. The van der Waals surface area contributed by atoms with Crippen molar-refractivity contribution in [1.82, 2.24) is 9.88 Å². The first kappa shape index (κ1) is 21.0. The number of rotatable bonds is 4. The van der Waals surface area contributed by atoms with E-state index in [-0.39, 0.29) is 5.91 Å². The Kier molecular flexibility index (Phi) is 5.69. The van der Waals surface area contributed by atoms with Crippen LogP contribution in [0.25, 0.3) is 0 Å². The Labute approximate surface area is 193 Å². The summed E-state index contributed by atoms with van der Waals surface area (Å²) in [6.07, 6.45) is 3.48. The van der Waals surface area contributed by atoms with Gasteiger partial charge >= 0.3 is 0 Å². The summed E-state index contributed by atoms with van der Waals surface area (Å²) in [5.74, 6) is 2.12. The lowest BCUT2D eigenvalue weighted by Crippen LogP contribution is -2.62. The fourth-order valence-electron chi connectivity index (χ4n) is 4.62. The first-order valence-electron chi connectivity index (χ1n) is 11.2. The van der Waals surface area contributed by atoms with Gasteiger partial charge in [0.05, 0.1) is 31.5 Å². The lowest BCUT2D eigenvalue weighted by atomic mass is 9.85. The Balaban J connectivity index is 1.48. The number of piperidine rings is 1. The summed E-state index contributed by atoms with van der Waals surface area (Å²) in [6.45, 7) is 1.74. The van der Waals surface area contributed by atoms with E-state index in [0.29, 0.717) is 30.9 Å². The van der Waals surface area contributed by atoms with Crippen LogP contribution in [0.4, 0.5) is 11.5 Å². The van der Waals surface area contributed by atoms with E-state index in [1.807, 2.05) is 59.5 Å². The van der Waals surface area contributed by atoms with Crippen molar-refractivity contribution in [2.24, 2.45) is 4.99 Å². The number of methoxy groups -OCH3 is 1. The van der Waals surface area contributed by atoms with E-state index >= 15 is 0 Å². The van der Waals surface area contributed by atoms with Crippen molar-refractivity contribution < 1.29 is 9.53 Å². The molecule has 168 valence electrons. The van der Waals surface area contributed by atoms with Gasteiger partial charge in [-0.3, -0.25) is 9.79 Å². The molecule has 2 aromatic carbocycles. The fourth-order valence-corrected chi connectivity index (χ4v) is 4.62. The van der Waals surface area contributed by atoms with E-state index in [1.165, 1.54) is 0 Å². The highest BCUT2D eigenvalue weighted by Gasteiger charge is 2.45. The first-order valence-corrected chi connectivity index (χ1v) is 11.2. The van der Waals surface area contributed by atoms with Crippen molar-refractivity contribution in [3.05, 3.63) is 84.1 Å². The monoisotopic (exact) mass is 441 g/mol. The van der Waals surface area contributed by atoms with Gasteiger partial charge in [0.2, 0.25) is 0 Å². The largest absolute Gasteiger partial charge is 0.496 e. The summed E-state index contributed by atoms with van der Waals surface area (Å²) in [4.78, 5) is 24.8. The number of amides is 1. The molecule has 1 fully saturated rings. The number of pyridine rings is 1. The second-order valence-electron chi connectivity index (χ2n) is 8.41. The van der Waals surface area contributed by atoms with Crippen molar-refractivity contribution >= 4 is 23.2 Å². The molecule has 7 nitrogen and oxygen atoms in total. The van der Waals surface area contributed by atoms with E-state index in [2.05, 4.69) is 27.8 Å². The van der Waals surface area contributed by atoms with Crippen LogP contribution in [0.1, 0.15) is 28.8 Å². The lowest BCUT2D eigenvalue weighted by molar-refractivity contribution is 0.0691. The van der Waals surface area contributed by atoms with Gasteiger partial charge in [-0.2, -0.15) is 0 Å². The molecule has 0 saturated carbocycles. The number of hydrogen-bond donors (Lipinski definition) is 2. The van der Waals surface area contributed by atoms with Gasteiger partial charge in [-0.05, 0) is 42.7 Å². The molecule has 0 bridgehead atoms. The summed E-state index contributed by atoms with van der Waals surface area (Å²) in [6, 6.07) is 21.5. The predicted molar refractivity (Wildman–Crippen MR) is 130 cm³/mol. The Morgan fingerprint density at radius 3 is 2.79 bits per heavy atom. The number of aromatic nitrogens is 1. The minimum atomic E-state index is -0.513. The molecule has 3 heterocycles. The molecule has 1 spiro atoms. The van der Waals surface area contributed by atoms with Crippen LogP contribution in [-0.2, 0) is 6.54 Å². The third-order valence-electron chi connectivity index (χ3n) is 6.25. The highest BCUT2D eigenvalue weighted by molar-refractivity contribution is 6.09. The number of nitrogens with zero attached hydrogens (tertiary/aromatic N) is 3. The number of anilines is 2. The van der Waals surface area contributed by atoms with Crippen LogP contribution in [-0.4, -0.2) is 47.4 Å². The topological polar surface area (TPSA) is 78.8 Å². The molecule has 1 saturated heterocycles. The van der Waals surface area contributed by atoms with E-state index in [9.17, 15) is 4.79 Å². The highest BCUT2D eigenvalue weighted by Crippen LogP contribution is 2.36. The number of para-hydroxylation sites is 1. The number of hydrogen-bond acceptors (Lipinski definition) is 5. The van der Waals surface area contributed by atoms with Gasteiger partial charge in [-0.1, -0.05) is 42.5 Å². The molecule has 2 aliphatic rings. The van der Waals surface area contributed by atoms with Crippen LogP contribution in [0.3, 0.4) is 0 Å². The van der Waals surface area contributed by atoms with Crippen LogP contribution in [0.15, 0.2) is 77.9 Å². The van der Waals surface area contributed by atoms with E-state index < -0.39 is 5.54 Å². The number of carbonyl (C=O) groups excluding carboxylic acids is 1. The van der Waals surface area contributed by atoms with Crippen LogP contribution in [0.5, 0.6) is 5.75 Å². The van der Waals surface area contributed by atoms with Crippen LogP contribution >= 0.6 is 0 Å². The van der Waals surface area contributed by atoms with Crippen LogP contribution in [0, 0.1) is 0 Å². The van der Waals surface area contributed by atoms with Crippen molar-refractivity contribution in [2.45, 2.75) is 24.9 Å². The molecule has 33 heavy (non-hydrogen) atoms. The number of likely N-dealkylation sites (tertiary alicyclic amines) is 1. The van der Waals surface area contributed by atoms with Gasteiger partial charge < -0.3 is 20.3 Å². The van der Waals surface area contributed by atoms with Crippen molar-refractivity contribution in [2.75, 3.05) is 30.8 Å². The molecule has 1 amide bonds. The number of nitrogens with one attached hydrogen (secondary N) is 2. The molecular weight excluding hydrogens is 414 g/mol. The number of fused-ring (bicyclic) bond motifs is 1. The van der Waals surface area contributed by atoms with Crippen molar-refractivity contribution in [3.8, 4) is 5.75 Å². The molecular formula is C26H27N5O2. The summed E-state index contributed by atoms with van der Waals surface area (Å²) >= 11 is 0. The number of ether oxygens (including phenoxy) is 1. The second-order valence-corrected chi connectivity index (χ2v) is 8.41.